The Bertz CT molecular complexity index is 773. The minimum absolute atomic E-state index is 0.0165. The van der Waals surface area contributed by atoms with E-state index in [0.29, 0.717) is 24.9 Å². The summed E-state index contributed by atoms with van der Waals surface area (Å²) in [5.74, 6) is 1.17. The van der Waals surface area contributed by atoms with Crippen molar-refractivity contribution in [3.05, 3.63) is 47.2 Å². The van der Waals surface area contributed by atoms with Crippen LogP contribution in [0, 0.1) is 13.8 Å². The van der Waals surface area contributed by atoms with E-state index in [1.807, 2.05) is 51.1 Å². The van der Waals surface area contributed by atoms with Gasteiger partial charge in [-0.1, -0.05) is 30.3 Å². The monoisotopic (exact) mass is 368 g/mol. The van der Waals surface area contributed by atoms with E-state index < -0.39 is 0 Å². The number of aryl methyl sites for hydroxylation is 1. The number of rotatable bonds is 7. The van der Waals surface area contributed by atoms with Gasteiger partial charge in [0.25, 0.3) is 5.91 Å². The average Bonchev–Trinajstić information content (AvgIpc) is 3.22. The molecule has 6 nitrogen and oxygen atoms in total. The maximum Gasteiger partial charge on any atom is 0.260 e. The molecule has 1 saturated heterocycles. The lowest BCUT2D eigenvalue weighted by atomic mass is 10.2. The number of aromatic nitrogens is 2. The van der Waals surface area contributed by atoms with E-state index in [9.17, 15) is 4.79 Å². The predicted octanol–water partition coefficient (Wildman–Crippen LogP) is 3.12. The third-order valence-electron chi connectivity index (χ3n) is 5.00. The topological polar surface area (TPSA) is 58.6 Å². The predicted molar refractivity (Wildman–Crippen MR) is 106 cm³/mol. The number of anilines is 1. The molecule has 0 atom stereocenters. The fourth-order valence-corrected chi connectivity index (χ4v) is 3.19. The maximum atomic E-state index is 12.6. The summed E-state index contributed by atoms with van der Waals surface area (Å²) in [6.45, 7) is 9.02. The van der Waals surface area contributed by atoms with Crippen LogP contribution in [0.2, 0.25) is 0 Å². The van der Waals surface area contributed by atoms with E-state index in [-0.39, 0.29) is 12.5 Å². The quantitative estimate of drug-likeness (QED) is 0.751. The van der Waals surface area contributed by atoms with Gasteiger partial charge in [-0.2, -0.15) is 4.98 Å². The van der Waals surface area contributed by atoms with E-state index >= 15 is 0 Å². The molecule has 0 N–H and O–H groups in total. The average molecular weight is 368 g/mol. The molecule has 0 bridgehead atoms. The molecule has 1 aromatic heterocycles. The molecule has 1 aliphatic heterocycles. The first kappa shape index (κ1) is 19.1. The summed E-state index contributed by atoms with van der Waals surface area (Å²) in [4.78, 5) is 25.8. The van der Waals surface area contributed by atoms with Crippen molar-refractivity contribution in [3.8, 4) is 5.88 Å². The molecule has 0 radical (unpaired) electrons. The summed E-state index contributed by atoms with van der Waals surface area (Å²) in [5.41, 5.74) is 2.89. The van der Waals surface area contributed by atoms with Gasteiger partial charge < -0.3 is 14.5 Å². The van der Waals surface area contributed by atoms with Crippen LogP contribution in [0.25, 0.3) is 0 Å². The van der Waals surface area contributed by atoms with Crippen LogP contribution in [0.15, 0.2) is 30.3 Å². The first-order chi connectivity index (χ1) is 13.1. The Morgan fingerprint density at radius 2 is 1.85 bits per heavy atom. The Labute approximate surface area is 161 Å². The molecule has 2 heterocycles. The second kappa shape index (κ2) is 8.84. The fraction of sp³-hybridized carbons (Fsp3) is 0.476. The second-order valence-electron chi connectivity index (χ2n) is 6.92. The van der Waals surface area contributed by atoms with Crippen LogP contribution >= 0.6 is 0 Å². The van der Waals surface area contributed by atoms with E-state index in [0.717, 1.165) is 42.8 Å². The third kappa shape index (κ3) is 4.76. The van der Waals surface area contributed by atoms with Crippen LogP contribution in [0.5, 0.6) is 5.88 Å². The summed E-state index contributed by atoms with van der Waals surface area (Å²) in [6.07, 6.45) is 2.33. The molecule has 1 aromatic carbocycles. The van der Waals surface area contributed by atoms with E-state index in [2.05, 4.69) is 14.9 Å². The van der Waals surface area contributed by atoms with Crippen LogP contribution in [-0.4, -0.2) is 47.0 Å². The molecule has 1 aliphatic rings. The number of benzene rings is 1. The molecule has 0 saturated carbocycles. The molecule has 1 fully saturated rings. The number of carbonyl (C=O) groups is 1. The van der Waals surface area contributed by atoms with Crippen LogP contribution in [0.3, 0.4) is 0 Å². The molecule has 2 aromatic rings. The lowest BCUT2D eigenvalue weighted by Crippen LogP contribution is -2.34. The SMILES string of the molecule is CCN(Cc1ccccc1)C(=O)COc1nc(N2CCCC2)nc(C)c1C. The number of nitrogens with zero attached hydrogens (tertiary/aromatic N) is 4. The van der Waals surface area contributed by atoms with Crippen molar-refractivity contribution in [2.75, 3.05) is 31.1 Å². The van der Waals surface area contributed by atoms with Gasteiger partial charge in [0.1, 0.15) is 0 Å². The van der Waals surface area contributed by atoms with Crippen molar-refractivity contribution >= 4 is 11.9 Å². The molecule has 144 valence electrons. The van der Waals surface area contributed by atoms with Crippen LogP contribution < -0.4 is 9.64 Å². The molecular weight excluding hydrogens is 340 g/mol. The van der Waals surface area contributed by atoms with Gasteiger partial charge in [-0.25, -0.2) is 4.98 Å². The van der Waals surface area contributed by atoms with Gasteiger partial charge in [-0.3, -0.25) is 4.79 Å². The molecule has 1 amide bonds. The Morgan fingerprint density at radius 3 is 2.52 bits per heavy atom. The normalized spacial score (nSPS) is 13.7. The highest BCUT2D eigenvalue weighted by molar-refractivity contribution is 5.77. The number of amides is 1. The first-order valence-electron chi connectivity index (χ1n) is 9.63. The Balaban J connectivity index is 1.66. The number of ether oxygens (including phenoxy) is 1. The van der Waals surface area contributed by atoms with Crippen molar-refractivity contribution in [1.82, 2.24) is 14.9 Å². The van der Waals surface area contributed by atoms with Crippen LogP contribution in [-0.2, 0) is 11.3 Å². The minimum atomic E-state index is -0.0419. The zero-order valence-corrected chi connectivity index (χ0v) is 16.4. The molecule has 0 unspecified atom stereocenters. The van der Waals surface area contributed by atoms with Gasteiger partial charge in [0, 0.05) is 37.4 Å². The van der Waals surface area contributed by atoms with Gasteiger partial charge in [0.2, 0.25) is 11.8 Å². The van der Waals surface area contributed by atoms with Crippen molar-refractivity contribution in [2.45, 2.75) is 40.2 Å². The summed E-state index contributed by atoms with van der Waals surface area (Å²) >= 11 is 0. The summed E-state index contributed by atoms with van der Waals surface area (Å²) < 4.78 is 5.83. The van der Waals surface area contributed by atoms with Gasteiger partial charge in [0.15, 0.2) is 6.61 Å². The van der Waals surface area contributed by atoms with Gasteiger partial charge in [-0.15, -0.1) is 0 Å². The summed E-state index contributed by atoms with van der Waals surface area (Å²) in [5, 5.41) is 0. The Morgan fingerprint density at radius 1 is 1.15 bits per heavy atom. The molecule has 27 heavy (non-hydrogen) atoms. The highest BCUT2D eigenvalue weighted by atomic mass is 16.5. The van der Waals surface area contributed by atoms with Crippen molar-refractivity contribution in [3.63, 3.8) is 0 Å². The third-order valence-corrected chi connectivity index (χ3v) is 5.00. The zero-order chi connectivity index (χ0) is 19.2. The number of likely N-dealkylation sites (N-methyl/N-ethyl adjacent to an activating group) is 1. The summed E-state index contributed by atoms with van der Waals surface area (Å²) in [7, 11) is 0. The van der Waals surface area contributed by atoms with E-state index in [4.69, 9.17) is 4.74 Å². The van der Waals surface area contributed by atoms with E-state index in [1.165, 1.54) is 0 Å². The van der Waals surface area contributed by atoms with Gasteiger partial charge in [-0.05, 0) is 39.2 Å². The Kier molecular flexibility index (Phi) is 6.27. The Hall–Kier alpha value is -2.63. The van der Waals surface area contributed by atoms with Gasteiger partial charge in [0.05, 0.1) is 0 Å². The van der Waals surface area contributed by atoms with Gasteiger partial charge >= 0.3 is 0 Å². The smallest absolute Gasteiger partial charge is 0.260 e. The minimum Gasteiger partial charge on any atom is -0.467 e. The van der Waals surface area contributed by atoms with Crippen molar-refractivity contribution in [1.29, 1.82) is 0 Å². The zero-order valence-electron chi connectivity index (χ0n) is 16.4. The highest BCUT2D eigenvalue weighted by Gasteiger charge is 2.19. The van der Waals surface area contributed by atoms with Crippen molar-refractivity contribution < 1.29 is 9.53 Å². The molecule has 6 heteroatoms. The largest absolute Gasteiger partial charge is 0.467 e. The molecular formula is C21H28N4O2. The van der Waals surface area contributed by atoms with E-state index in [1.54, 1.807) is 4.90 Å². The number of hydrogen-bond donors (Lipinski definition) is 0. The number of carbonyl (C=O) groups excluding carboxylic acids is 1. The molecule has 3 rings (SSSR count). The lowest BCUT2D eigenvalue weighted by molar-refractivity contribution is -0.133. The fourth-order valence-electron chi connectivity index (χ4n) is 3.19. The highest BCUT2D eigenvalue weighted by Crippen LogP contribution is 2.23. The maximum absolute atomic E-state index is 12.6. The van der Waals surface area contributed by atoms with Crippen molar-refractivity contribution in [2.24, 2.45) is 0 Å². The number of hydrogen-bond acceptors (Lipinski definition) is 5. The lowest BCUT2D eigenvalue weighted by Gasteiger charge is -2.22. The summed E-state index contributed by atoms with van der Waals surface area (Å²) in [6, 6.07) is 9.99. The first-order valence-corrected chi connectivity index (χ1v) is 9.63. The molecule has 0 aliphatic carbocycles. The van der Waals surface area contributed by atoms with Crippen LogP contribution in [0.1, 0.15) is 36.6 Å². The standard InChI is InChI=1S/C21H28N4O2/c1-4-24(14-18-10-6-5-7-11-18)19(26)15-27-20-16(2)17(3)22-21(23-20)25-12-8-9-13-25/h5-7,10-11H,4,8-9,12-15H2,1-3H3. The second-order valence-corrected chi connectivity index (χ2v) is 6.92. The molecule has 0 spiro atoms. The van der Waals surface area contributed by atoms with Crippen LogP contribution in [0.4, 0.5) is 5.95 Å².